The van der Waals surface area contributed by atoms with Gasteiger partial charge in [0.2, 0.25) is 5.91 Å². The summed E-state index contributed by atoms with van der Waals surface area (Å²) in [5.74, 6) is -0.549. The van der Waals surface area contributed by atoms with Crippen molar-refractivity contribution < 1.29 is 9.59 Å². The minimum absolute atomic E-state index is 0.307. The van der Waals surface area contributed by atoms with Gasteiger partial charge in [-0.1, -0.05) is 0 Å². The lowest BCUT2D eigenvalue weighted by molar-refractivity contribution is -0.128. The molecule has 2 aliphatic heterocycles. The van der Waals surface area contributed by atoms with Gasteiger partial charge >= 0.3 is 6.03 Å². The Bertz CT molecular complexity index is 820. The molecular formula is C18H21N5O2. The Kier molecular flexibility index (Phi) is 4.16. The third-order valence-electron chi connectivity index (χ3n) is 4.44. The summed E-state index contributed by atoms with van der Waals surface area (Å²) in [6.45, 7) is 1.87. The van der Waals surface area contributed by atoms with Crippen LogP contribution < -0.4 is 4.90 Å². The summed E-state index contributed by atoms with van der Waals surface area (Å²) in [7, 11) is 7.05. The van der Waals surface area contributed by atoms with Crippen LogP contribution in [-0.4, -0.2) is 61.5 Å². The number of imide groups is 1. The van der Waals surface area contributed by atoms with Gasteiger partial charge < -0.3 is 4.90 Å². The Balaban J connectivity index is 2.03. The molecule has 1 unspecified atom stereocenters. The Morgan fingerprint density at radius 2 is 1.72 bits per heavy atom. The van der Waals surface area contributed by atoms with Crippen molar-refractivity contribution >= 4 is 34.9 Å². The number of aliphatic imine (C=N–C) groups is 2. The maximum Gasteiger partial charge on any atom is 0.331 e. The van der Waals surface area contributed by atoms with Crippen LogP contribution >= 0.6 is 0 Å². The van der Waals surface area contributed by atoms with Gasteiger partial charge in [0.25, 0.3) is 0 Å². The summed E-state index contributed by atoms with van der Waals surface area (Å²) < 4.78 is 0. The smallest absolute Gasteiger partial charge is 0.331 e. The lowest BCUT2D eigenvalue weighted by Gasteiger charge is -2.37. The summed E-state index contributed by atoms with van der Waals surface area (Å²) in [6.07, 6.45) is 1.65. The molecule has 25 heavy (non-hydrogen) atoms. The fraction of sp³-hybridized carbons (Fsp3) is 0.333. The first kappa shape index (κ1) is 16.9. The lowest BCUT2D eigenvalue weighted by Crippen LogP contribution is -2.59. The minimum atomic E-state index is -0.661. The highest BCUT2D eigenvalue weighted by molar-refractivity contribution is 6.33. The molecule has 3 amide bonds. The van der Waals surface area contributed by atoms with Crippen LogP contribution in [-0.2, 0) is 4.79 Å². The quantitative estimate of drug-likeness (QED) is 0.830. The molecule has 1 aromatic carbocycles. The van der Waals surface area contributed by atoms with E-state index >= 15 is 0 Å². The van der Waals surface area contributed by atoms with Crippen LogP contribution in [0, 0.1) is 5.92 Å². The van der Waals surface area contributed by atoms with Gasteiger partial charge in [-0.05, 0) is 36.8 Å². The number of hydrogen-bond donors (Lipinski definition) is 0. The van der Waals surface area contributed by atoms with Crippen LogP contribution in [0.4, 0.5) is 16.2 Å². The monoisotopic (exact) mass is 339 g/mol. The molecule has 0 bridgehead atoms. The topological polar surface area (TPSA) is 68.6 Å². The van der Waals surface area contributed by atoms with Crippen LogP contribution in [0.2, 0.25) is 0 Å². The van der Waals surface area contributed by atoms with Gasteiger partial charge in [0.15, 0.2) is 0 Å². The maximum absolute atomic E-state index is 12.7. The third-order valence-corrected chi connectivity index (χ3v) is 4.44. The van der Waals surface area contributed by atoms with Gasteiger partial charge in [-0.2, -0.15) is 0 Å². The molecule has 0 aromatic heterocycles. The Labute approximate surface area is 147 Å². The van der Waals surface area contributed by atoms with Crippen molar-refractivity contribution in [1.82, 2.24) is 9.80 Å². The van der Waals surface area contributed by atoms with Gasteiger partial charge in [0, 0.05) is 40.1 Å². The summed E-state index contributed by atoms with van der Waals surface area (Å²) in [6, 6.07) is 7.38. The van der Waals surface area contributed by atoms with E-state index in [1.165, 1.54) is 11.9 Å². The van der Waals surface area contributed by atoms with Crippen molar-refractivity contribution in [3.8, 4) is 0 Å². The second kappa shape index (κ2) is 6.16. The molecule has 3 rings (SSSR count). The van der Waals surface area contributed by atoms with E-state index in [-0.39, 0.29) is 11.9 Å². The third kappa shape index (κ3) is 2.82. The van der Waals surface area contributed by atoms with E-state index in [4.69, 9.17) is 4.99 Å². The largest absolute Gasteiger partial charge is 0.378 e. The molecule has 0 N–H and O–H groups in total. The molecule has 2 heterocycles. The first-order valence-electron chi connectivity index (χ1n) is 7.97. The molecule has 0 radical (unpaired) electrons. The van der Waals surface area contributed by atoms with Crippen LogP contribution in [0.15, 0.2) is 46.0 Å². The molecule has 7 nitrogen and oxygen atoms in total. The van der Waals surface area contributed by atoms with Crippen LogP contribution in [0.25, 0.3) is 0 Å². The summed E-state index contributed by atoms with van der Waals surface area (Å²) >= 11 is 0. The van der Waals surface area contributed by atoms with Crippen LogP contribution in [0.1, 0.15) is 6.92 Å². The number of amides is 3. The van der Waals surface area contributed by atoms with Crippen molar-refractivity contribution in [2.75, 3.05) is 33.1 Å². The summed E-state index contributed by atoms with van der Waals surface area (Å²) in [5.41, 5.74) is 3.26. The van der Waals surface area contributed by atoms with E-state index in [0.29, 0.717) is 11.5 Å². The van der Waals surface area contributed by atoms with E-state index in [2.05, 4.69) is 4.99 Å². The molecule has 0 aliphatic carbocycles. The average molecular weight is 339 g/mol. The van der Waals surface area contributed by atoms with Crippen molar-refractivity contribution in [3.63, 3.8) is 0 Å². The molecular weight excluding hydrogens is 318 g/mol. The Morgan fingerprint density at radius 1 is 1.08 bits per heavy atom. The number of anilines is 1. The number of fused-ring (bicyclic) bond motifs is 1. The van der Waals surface area contributed by atoms with E-state index in [9.17, 15) is 9.59 Å². The molecule has 1 saturated heterocycles. The first-order chi connectivity index (χ1) is 11.8. The molecule has 1 atom stereocenters. The summed E-state index contributed by atoms with van der Waals surface area (Å²) in [5, 5.41) is 0. The first-order valence-corrected chi connectivity index (χ1v) is 7.97. The molecule has 0 saturated carbocycles. The van der Waals surface area contributed by atoms with Crippen LogP contribution in [0.5, 0.6) is 0 Å². The standard InChI is InChI=1S/C18H21N5O2/c1-11-10-19-16-14(17(24)23(5)18(25)22(16)4)15(11)20-12-6-8-13(9-7-12)21(2)3/h6-10,14H,1-5H3. The van der Waals surface area contributed by atoms with E-state index in [1.54, 1.807) is 13.2 Å². The number of allylic oxidation sites excluding steroid dienone is 1. The molecule has 7 heteroatoms. The van der Waals surface area contributed by atoms with Gasteiger partial charge in [-0.15, -0.1) is 0 Å². The number of carbonyl (C=O) groups excluding carboxylic acids is 2. The number of benzene rings is 1. The van der Waals surface area contributed by atoms with E-state index < -0.39 is 5.92 Å². The SMILES string of the molecule is CC1=CN=C2C(C(=O)N(C)C(=O)N2C)C1=Nc1ccc(N(C)C)cc1. The Morgan fingerprint density at radius 3 is 2.32 bits per heavy atom. The van der Waals surface area contributed by atoms with Crippen molar-refractivity contribution in [3.05, 3.63) is 36.0 Å². The fourth-order valence-corrected chi connectivity index (χ4v) is 2.89. The lowest BCUT2D eigenvalue weighted by atomic mass is 9.91. The van der Waals surface area contributed by atoms with Gasteiger partial charge in [-0.3, -0.25) is 19.6 Å². The number of hydrogen-bond acceptors (Lipinski definition) is 5. The molecule has 1 aromatic rings. The molecule has 0 spiro atoms. The highest BCUT2D eigenvalue weighted by Crippen LogP contribution is 2.28. The highest BCUT2D eigenvalue weighted by Gasteiger charge is 2.45. The maximum atomic E-state index is 12.7. The van der Waals surface area contributed by atoms with E-state index in [0.717, 1.165) is 21.8 Å². The Hall–Kier alpha value is -2.96. The van der Waals surface area contributed by atoms with Crippen molar-refractivity contribution in [1.29, 1.82) is 0 Å². The second-order valence-corrected chi connectivity index (χ2v) is 6.38. The van der Waals surface area contributed by atoms with Crippen molar-refractivity contribution in [2.45, 2.75) is 6.92 Å². The average Bonchev–Trinajstić information content (AvgIpc) is 2.60. The predicted octanol–water partition coefficient (Wildman–Crippen LogP) is 2.28. The van der Waals surface area contributed by atoms with Gasteiger partial charge in [-0.25, -0.2) is 9.79 Å². The van der Waals surface area contributed by atoms with Crippen molar-refractivity contribution in [2.24, 2.45) is 15.9 Å². The highest BCUT2D eigenvalue weighted by atomic mass is 16.2. The molecule has 1 fully saturated rings. The minimum Gasteiger partial charge on any atom is -0.378 e. The second-order valence-electron chi connectivity index (χ2n) is 6.38. The number of nitrogens with zero attached hydrogens (tertiary/aromatic N) is 5. The normalized spacial score (nSPS) is 22.0. The number of carbonyl (C=O) groups is 2. The fourth-order valence-electron chi connectivity index (χ4n) is 2.89. The molecule has 130 valence electrons. The zero-order valence-electron chi connectivity index (χ0n) is 15.0. The van der Waals surface area contributed by atoms with Crippen LogP contribution in [0.3, 0.4) is 0 Å². The number of urea groups is 1. The zero-order valence-corrected chi connectivity index (χ0v) is 15.0. The number of rotatable bonds is 2. The zero-order chi connectivity index (χ0) is 18.3. The predicted molar refractivity (Wildman–Crippen MR) is 98.5 cm³/mol. The van der Waals surface area contributed by atoms with Gasteiger partial charge in [0.1, 0.15) is 11.8 Å². The molecule has 2 aliphatic rings. The number of amidine groups is 1. The van der Waals surface area contributed by atoms with Gasteiger partial charge in [0.05, 0.1) is 11.4 Å². The van der Waals surface area contributed by atoms with E-state index in [1.807, 2.05) is 50.2 Å². The summed E-state index contributed by atoms with van der Waals surface area (Å²) in [4.78, 5) is 38.3.